The molecule has 2 heterocycles. The van der Waals surface area contributed by atoms with E-state index in [9.17, 15) is 0 Å². The highest BCUT2D eigenvalue weighted by atomic mass is 35.5. The normalized spacial score (nSPS) is 15.9. The lowest BCUT2D eigenvalue weighted by molar-refractivity contribution is 0.529. The van der Waals surface area contributed by atoms with Crippen LogP contribution in [0.5, 0.6) is 0 Å². The minimum atomic E-state index is 0.267. The fourth-order valence-electron chi connectivity index (χ4n) is 2.94. The number of aromatic nitrogens is 4. The molecule has 0 amide bonds. The second-order valence-corrected chi connectivity index (χ2v) is 5.86. The Hall–Kier alpha value is -1.40. The van der Waals surface area contributed by atoms with E-state index in [4.69, 9.17) is 17.3 Å². The van der Waals surface area contributed by atoms with Gasteiger partial charge in [0.25, 0.3) is 0 Å². The lowest BCUT2D eigenvalue weighted by Crippen LogP contribution is -2.08. The highest BCUT2D eigenvalue weighted by Gasteiger charge is 2.21. The Balaban J connectivity index is 1.86. The van der Waals surface area contributed by atoms with Gasteiger partial charge in [-0.25, -0.2) is 4.98 Å². The van der Waals surface area contributed by atoms with Crippen molar-refractivity contribution in [2.75, 3.05) is 18.4 Å². The number of hydrogen-bond acceptors (Lipinski definition) is 5. The second-order valence-electron chi connectivity index (χ2n) is 5.53. The molecular formula is C14H21ClN6. The van der Waals surface area contributed by atoms with Gasteiger partial charge in [-0.05, 0) is 43.8 Å². The first-order valence-electron chi connectivity index (χ1n) is 7.63. The van der Waals surface area contributed by atoms with Crippen LogP contribution in [0, 0.1) is 0 Å². The van der Waals surface area contributed by atoms with Gasteiger partial charge in [-0.3, -0.25) is 0 Å². The number of rotatable bonds is 6. The van der Waals surface area contributed by atoms with Gasteiger partial charge in [0, 0.05) is 12.6 Å². The molecule has 3 N–H and O–H groups in total. The summed E-state index contributed by atoms with van der Waals surface area (Å²) in [5, 5.41) is 3.57. The topological polar surface area (TPSA) is 81.7 Å². The molecule has 0 spiro atoms. The fraction of sp³-hybridized carbons (Fsp3) is 0.643. The zero-order valence-corrected chi connectivity index (χ0v) is 12.8. The molecule has 1 saturated carbocycles. The van der Waals surface area contributed by atoms with Crippen LogP contribution >= 0.6 is 11.6 Å². The minimum Gasteiger partial charge on any atom is -0.368 e. The Bertz CT molecular complexity index is 605. The number of fused-ring (bicyclic) bond motifs is 1. The minimum absolute atomic E-state index is 0.267. The first-order valence-corrected chi connectivity index (χ1v) is 8.01. The number of anilines is 1. The smallest absolute Gasteiger partial charge is 0.226 e. The van der Waals surface area contributed by atoms with E-state index in [2.05, 4.69) is 24.8 Å². The molecule has 6 nitrogen and oxygen atoms in total. The number of unbranched alkanes of at least 4 members (excludes halogenated alkanes) is 1. The Morgan fingerprint density at radius 2 is 2.10 bits per heavy atom. The molecule has 114 valence electrons. The van der Waals surface area contributed by atoms with E-state index >= 15 is 0 Å². The molecule has 2 aromatic heterocycles. The SMILES string of the molecule is NCCCCNc1nc(Cl)nc2c1ncn2C1CCCC1. The van der Waals surface area contributed by atoms with Crippen molar-refractivity contribution < 1.29 is 0 Å². The van der Waals surface area contributed by atoms with Gasteiger partial charge in [0.05, 0.1) is 6.33 Å². The molecule has 0 unspecified atom stereocenters. The molecule has 3 rings (SSSR count). The summed E-state index contributed by atoms with van der Waals surface area (Å²) in [4.78, 5) is 13.2. The first kappa shape index (κ1) is 14.5. The maximum atomic E-state index is 6.08. The summed E-state index contributed by atoms with van der Waals surface area (Å²) in [6.45, 7) is 1.52. The first-order chi connectivity index (χ1) is 10.3. The molecule has 1 fully saturated rings. The number of nitrogens with two attached hydrogens (primary N) is 1. The van der Waals surface area contributed by atoms with E-state index < -0.39 is 0 Å². The molecule has 0 bridgehead atoms. The number of imidazole rings is 1. The third-order valence-corrected chi connectivity index (χ3v) is 4.20. The number of hydrogen-bond donors (Lipinski definition) is 2. The predicted molar refractivity (Wildman–Crippen MR) is 84.6 cm³/mol. The molecule has 0 radical (unpaired) electrons. The second kappa shape index (κ2) is 6.58. The van der Waals surface area contributed by atoms with Crippen molar-refractivity contribution in [3.05, 3.63) is 11.6 Å². The molecule has 0 saturated heterocycles. The molecule has 2 aromatic rings. The van der Waals surface area contributed by atoms with Gasteiger partial charge in [0.1, 0.15) is 0 Å². The van der Waals surface area contributed by atoms with Gasteiger partial charge in [-0.2, -0.15) is 9.97 Å². The summed E-state index contributed by atoms with van der Waals surface area (Å²) >= 11 is 6.08. The number of nitrogens with one attached hydrogen (secondary N) is 1. The summed E-state index contributed by atoms with van der Waals surface area (Å²) in [5.74, 6) is 0.721. The molecule has 1 aliphatic rings. The third kappa shape index (κ3) is 3.11. The monoisotopic (exact) mass is 308 g/mol. The Morgan fingerprint density at radius 3 is 2.86 bits per heavy atom. The van der Waals surface area contributed by atoms with Crippen LogP contribution in [0.2, 0.25) is 5.28 Å². The van der Waals surface area contributed by atoms with Crippen molar-refractivity contribution in [2.24, 2.45) is 5.73 Å². The van der Waals surface area contributed by atoms with Gasteiger partial charge >= 0.3 is 0 Å². The largest absolute Gasteiger partial charge is 0.368 e. The van der Waals surface area contributed by atoms with Crippen LogP contribution in [0.25, 0.3) is 11.2 Å². The Labute approximate surface area is 129 Å². The van der Waals surface area contributed by atoms with Crippen molar-refractivity contribution in [2.45, 2.75) is 44.6 Å². The fourth-order valence-corrected chi connectivity index (χ4v) is 3.10. The lowest BCUT2D eigenvalue weighted by Gasteiger charge is -2.12. The molecular weight excluding hydrogens is 288 g/mol. The predicted octanol–water partition coefficient (Wildman–Crippen LogP) is 2.75. The van der Waals surface area contributed by atoms with Gasteiger partial charge in [0.2, 0.25) is 5.28 Å². The van der Waals surface area contributed by atoms with Crippen LogP contribution in [0.3, 0.4) is 0 Å². The highest BCUT2D eigenvalue weighted by Crippen LogP contribution is 2.32. The van der Waals surface area contributed by atoms with E-state index in [1.165, 1.54) is 25.7 Å². The van der Waals surface area contributed by atoms with E-state index in [0.29, 0.717) is 12.6 Å². The van der Waals surface area contributed by atoms with Crippen LogP contribution in [0.4, 0.5) is 5.82 Å². The van der Waals surface area contributed by atoms with Crippen molar-refractivity contribution >= 4 is 28.6 Å². The van der Waals surface area contributed by atoms with Gasteiger partial charge in [-0.15, -0.1) is 0 Å². The number of halogens is 1. The van der Waals surface area contributed by atoms with Gasteiger partial charge in [0.15, 0.2) is 17.0 Å². The van der Waals surface area contributed by atoms with Crippen LogP contribution in [-0.4, -0.2) is 32.6 Å². The summed E-state index contributed by atoms with van der Waals surface area (Å²) in [6, 6.07) is 0.492. The summed E-state index contributed by atoms with van der Waals surface area (Å²) < 4.78 is 2.15. The van der Waals surface area contributed by atoms with Crippen molar-refractivity contribution in [1.82, 2.24) is 19.5 Å². The molecule has 21 heavy (non-hydrogen) atoms. The molecule has 0 aliphatic heterocycles. The average Bonchev–Trinajstić information content (AvgIpc) is 3.11. The molecule has 0 aromatic carbocycles. The van der Waals surface area contributed by atoms with Crippen molar-refractivity contribution in [3.8, 4) is 0 Å². The van der Waals surface area contributed by atoms with E-state index in [1.807, 2.05) is 6.33 Å². The zero-order valence-electron chi connectivity index (χ0n) is 12.1. The van der Waals surface area contributed by atoms with E-state index in [-0.39, 0.29) is 5.28 Å². The van der Waals surface area contributed by atoms with E-state index in [1.54, 1.807) is 0 Å². The summed E-state index contributed by atoms with van der Waals surface area (Å²) in [5.41, 5.74) is 7.15. The van der Waals surface area contributed by atoms with Crippen LogP contribution in [-0.2, 0) is 0 Å². The molecule has 0 atom stereocenters. The Kier molecular flexibility index (Phi) is 4.55. The standard InChI is InChI=1S/C14H21ClN6/c15-14-19-12(17-8-4-3-7-16)11-13(20-14)21(9-18-11)10-5-1-2-6-10/h9-10H,1-8,16H2,(H,17,19,20). The molecule has 1 aliphatic carbocycles. The third-order valence-electron chi connectivity index (χ3n) is 4.04. The lowest BCUT2D eigenvalue weighted by atomic mass is 10.2. The van der Waals surface area contributed by atoms with E-state index in [0.717, 1.165) is 36.4 Å². The summed E-state index contributed by atoms with van der Waals surface area (Å²) in [6.07, 6.45) is 8.78. The van der Waals surface area contributed by atoms with Gasteiger partial charge < -0.3 is 15.6 Å². The average molecular weight is 309 g/mol. The molecule has 7 heteroatoms. The zero-order chi connectivity index (χ0) is 14.7. The van der Waals surface area contributed by atoms with Crippen molar-refractivity contribution in [3.63, 3.8) is 0 Å². The maximum Gasteiger partial charge on any atom is 0.226 e. The van der Waals surface area contributed by atoms with Crippen LogP contribution in [0.1, 0.15) is 44.6 Å². The highest BCUT2D eigenvalue weighted by molar-refractivity contribution is 6.28. The van der Waals surface area contributed by atoms with Gasteiger partial charge in [-0.1, -0.05) is 12.8 Å². The maximum absolute atomic E-state index is 6.08. The van der Waals surface area contributed by atoms with Crippen LogP contribution in [0.15, 0.2) is 6.33 Å². The summed E-state index contributed by atoms with van der Waals surface area (Å²) in [7, 11) is 0. The Morgan fingerprint density at radius 1 is 1.29 bits per heavy atom. The quantitative estimate of drug-likeness (QED) is 0.633. The number of nitrogens with zero attached hydrogens (tertiary/aromatic N) is 4. The van der Waals surface area contributed by atoms with Crippen LogP contribution < -0.4 is 11.1 Å². The van der Waals surface area contributed by atoms with Crippen molar-refractivity contribution in [1.29, 1.82) is 0 Å².